The van der Waals surface area contributed by atoms with Crippen molar-refractivity contribution in [3.63, 3.8) is 0 Å². The van der Waals surface area contributed by atoms with Gasteiger partial charge in [-0.05, 0) is 25.1 Å². The summed E-state index contributed by atoms with van der Waals surface area (Å²) in [6, 6.07) is 1.98. The number of sulfonamides is 1. The molecule has 0 aliphatic heterocycles. The first-order valence-corrected chi connectivity index (χ1v) is 6.59. The first-order chi connectivity index (χ1) is 8.27. The molecule has 0 bridgehead atoms. The number of nitrogens with zero attached hydrogens (tertiary/aromatic N) is 1. The Labute approximate surface area is 108 Å². The second-order valence-electron chi connectivity index (χ2n) is 3.44. The van der Waals surface area contributed by atoms with E-state index in [-0.39, 0.29) is 10.9 Å². The summed E-state index contributed by atoms with van der Waals surface area (Å²) in [5.74, 6) is -1.07. The maximum Gasteiger partial charge on any atom is 0.242 e. The highest BCUT2D eigenvalue weighted by atomic mass is 35.5. The predicted octanol–water partition coefficient (Wildman–Crippen LogP) is 0.892. The summed E-state index contributed by atoms with van der Waals surface area (Å²) in [7, 11) is -4.06. The van der Waals surface area contributed by atoms with Gasteiger partial charge in [-0.15, -0.1) is 0 Å². The molecule has 18 heavy (non-hydrogen) atoms. The topological polar surface area (TPSA) is 105 Å². The normalized spacial score (nSPS) is 14.5. The summed E-state index contributed by atoms with van der Waals surface area (Å²) in [5, 5.41) is 11.0. The van der Waals surface area contributed by atoms with Gasteiger partial charge < -0.3 is 10.9 Å². The maximum atomic E-state index is 13.0. The molecule has 6 nitrogen and oxygen atoms in total. The fourth-order valence-corrected chi connectivity index (χ4v) is 2.85. The van der Waals surface area contributed by atoms with Gasteiger partial charge >= 0.3 is 0 Å². The number of oxime groups is 1. The molecule has 1 aromatic carbocycles. The van der Waals surface area contributed by atoms with Crippen LogP contribution in [-0.4, -0.2) is 25.5 Å². The molecule has 0 radical (unpaired) electrons. The number of hydrogen-bond donors (Lipinski definition) is 3. The van der Waals surface area contributed by atoms with Crippen LogP contribution >= 0.6 is 11.6 Å². The fraction of sp³-hybridized carbons (Fsp3) is 0.222. The van der Waals surface area contributed by atoms with E-state index in [1.165, 1.54) is 6.92 Å². The third kappa shape index (κ3) is 3.31. The lowest BCUT2D eigenvalue weighted by molar-refractivity contribution is 0.316. The number of nitrogens with one attached hydrogen (secondary N) is 1. The van der Waals surface area contributed by atoms with Crippen molar-refractivity contribution in [3.05, 3.63) is 29.0 Å². The third-order valence-corrected chi connectivity index (χ3v) is 4.10. The van der Waals surface area contributed by atoms with E-state index >= 15 is 0 Å². The van der Waals surface area contributed by atoms with Crippen LogP contribution in [0.3, 0.4) is 0 Å². The average Bonchev–Trinajstić information content (AvgIpc) is 2.30. The Balaban J connectivity index is 3.11. The van der Waals surface area contributed by atoms with Crippen LogP contribution < -0.4 is 10.5 Å². The molecule has 100 valence electrons. The van der Waals surface area contributed by atoms with E-state index in [4.69, 9.17) is 22.5 Å². The summed E-state index contributed by atoms with van der Waals surface area (Å²) in [6.07, 6.45) is 0. The van der Waals surface area contributed by atoms with Gasteiger partial charge in [-0.2, -0.15) is 0 Å². The highest BCUT2D eigenvalue weighted by Crippen LogP contribution is 2.22. The maximum absolute atomic E-state index is 13.0. The van der Waals surface area contributed by atoms with Crippen LogP contribution in [-0.2, 0) is 10.0 Å². The largest absolute Gasteiger partial charge is 0.409 e. The van der Waals surface area contributed by atoms with Crippen molar-refractivity contribution >= 4 is 27.5 Å². The van der Waals surface area contributed by atoms with Gasteiger partial charge in [0.2, 0.25) is 10.0 Å². The van der Waals surface area contributed by atoms with E-state index in [2.05, 4.69) is 9.88 Å². The number of hydrogen-bond acceptors (Lipinski definition) is 4. The van der Waals surface area contributed by atoms with E-state index in [1.807, 2.05) is 0 Å². The number of nitrogens with two attached hydrogens (primary N) is 1. The predicted molar refractivity (Wildman–Crippen MR) is 64.6 cm³/mol. The number of rotatable bonds is 4. The van der Waals surface area contributed by atoms with E-state index in [9.17, 15) is 12.8 Å². The third-order valence-electron chi connectivity index (χ3n) is 2.07. The molecule has 0 fully saturated rings. The summed E-state index contributed by atoms with van der Waals surface area (Å²) in [6.45, 7) is 1.36. The van der Waals surface area contributed by atoms with E-state index in [1.54, 1.807) is 0 Å². The van der Waals surface area contributed by atoms with Crippen molar-refractivity contribution in [2.75, 3.05) is 0 Å². The molecule has 0 spiro atoms. The Morgan fingerprint density at radius 1 is 1.61 bits per heavy atom. The lowest BCUT2D eigenvalue weighted by Gasteiger charge is -2.13. The SMILES string of the molecule is CC(NS(=O)(=O)c1cc(F)ccc1Cl)/C(N)=N/O. The van der Waals surface area contributed by atoms with Gasteiger partial charge in [0, 0.05) is 0 Å². The first-order valence-electron chi connectivity index (χ1n) is 4.72. The van der Waals surface area contributed by atoms with Crippen LogP contribution in [0.25, 0.3) is 0 Å². The second kappa shape index (κ2) is 5.51. The fourth-order valence-electron chi connectivity index (χ4n) is 1.13. The molecule has 0 aromatic heterocycles. The van der Waals surface area contributed by atoms with Crippen molar-refractivity contribution in [1.82, 2.24) is 4.72 Å². The molecule has 9 heteroatoms. The Bertz CT molecular complexity index is 576. The van der Waals surface area contributed by atoms with Crippen molar-refractivity contribution < 1.29 is 18.0 Å². The summed E-state index contributed by atoms with van der Waals surface area (Å²) >= 11 is 5.68. The van der Waals surface area contributed by atoms with Crippen molar-refractivity contribution in [2.45, 2.75) is 17.9 Å². The highest BCUT2D eigenvalue weighted by Gasteiger charge is 2.22. The van der Waals surface area contributed by atoms with Gasteiger partial charge in [0.15, 0.2) is 5.84 Å². The van der Waals surface area contributed by atoms with Gasteiger partial charge in [0.1, 0.15) is 10.7 Å². The molecule has 1 atom stereocenters. The van der Waals surface area contributed by atoms with Crippen LogP contribution in [0.4, 0.5) is 4.39 Å². The Hall–Kier alpha value is -1.38. The minimum absolute atomic E-state index is 0.129. The smallest absolute Gasteiger partial charge is 0.242 e. The van der Waals surface area contributed by atoms with Gasteiger partial charge in [0.05, 0.1) is 11.1 Å². The van der Waals surface area contributed by atoms with E-state index in [0.717, 1.165) is 18.2 Å². The van der Waals surface area contributed by atoms with Crippen LogP contribution in [0.5, 0.6) is 0 Å². The lowest BCUT2D eigenvalue weighted by atomic mass is 10.3. The zero-order valence-corrected chi connectivity index (χ0v) is 10.8. The Morgan fingerprint density at radius 3 is 2.78 bits per heavy atom. The van der Waals surface area contributed by atoms with Crippen LogP contribution in [0.1, 0.15) is 6.92 Å². The van der Waals surface area contributed by atoms with Crippen molar-refractivity contribution in [1.29, 1.82) is 0 Å². The standard InChI is InChI=1S/C9H11ClFN3O3S/c1-5(9(12)13-15)14-18(16,17)8-4-6(11)2-3-7(8)10/h2-5,14-15H,1H3,(H2,12,13). The van der Waals surface area contributed by atoms with Gasteiger partial charge in [-0.25, -0.2) is 17.5 Å². The van der Waals surface area contributed by atoms with Gasteiger partial charge in [-0.1, -0.05) is 16.8 Å². The van der Waals surface area contributed by atoms with Crippen molar-refractivity contribution in [2.24, 2.45) is 10.9 Å². The zero-order chi connectivity index (χ0) is 13.9. The number of halogens is 2. The molecule has 1 unspecified atom stereocenters. The van der Waals surface area contributed by atoms with Crippen LogP contribution in [0, 0.1) is 5.82 Å². The molecule has 0 aliphatic carbocycles. The van der Waals surface area contributed by atoms with Gasteiger partial charge in [-0.3, -0.25) is 0 Å². The van der Waals surface area contributed by atoms with E-state index < -0.39 is 26.8 Å². The molecular formula is C9H11ClFN3O3S. The average molecular weight is 296 g/mol. The van der Waals surface area contributed by atoms with Crippen LogP contribution in [0.2, 0.25) is 5.02 Å². The first kappa shape index (κ1) is 14.7. The van der Waals surface area contributed by atoms with Gasteiger partial charge in [0.25, 0.3) is 0 Å². The van der Waals surface area contributed by atoms with Crippen molar-refractivity contribution in [3.8, 4) is 0 Å². The molecule has 0 heterocycles. The molecule has 1 aromatic rings. The minimum Gasteiger partial charge on any atom is -0.409 e. The van der Waals surface area contributed by atoms with E-state index in [0.29, 0.717) is 0 Å². The molecule has 0 saturated heterocycles. The molecule has 0 aliphatic rings. The minimum atomic E-state index is -4.06. The number of benzene rings is 1. The second-order valence-corrected chi connectivity index (χ2v) is 5.53. The molecule has 0 saturated carbocycles. The Kier molecular flexibility index (Phi) is 4.49. The molecular weight excluding hydrogens is 285 g/mol. The zero-order valence-electron chi connectivity index (χ0n) is 9.26. The monoisotopic (exact) mass is 295 g/mol. The summed E-state index contributed by atoms with van der Waals surface area (Å²) in [4.78, 5) is -0.415. The summed E-state index contributed by atoms with van der Waals surface area (Å²) < 4.78 is 38.9. The molecule has 4 N–H and O–H groups in total. The quantitative estimate of drug-likeness (QED) is 0.332. The number of amidine groups is 1. The summed E-state index contributed by atoms with van der Waals surface area (Å²) in [5.41, 5.74) is 5.24. The highest BCUT2D eigenvalue weighted by molar-refractivity contribution is 7.89. The van der Waals surface area contributed by atoms with Crippen LogP contribution in [0.15, 0.2) is 28.3 Å². The lowest BCUT2D eigenvalue weighted by Crippen LogP contribution is -2.42. The molecule has 0 amide bonds. The Morgan fingerprint density at radius 2 is 2.22 bits per heavy atom. The molecule has 1 rings (SSSR count).